The molecule has 2 saturated heterocycles. The molecule has 2 aromatic heterocycles. The van der Waals surface area contributed by atoms with Crippen LogP contribution in [-0.2, 0) is 11.3 Å². The van der Waals surface area contributed by atoms with E-state index in [9.17, 15) is 4.79 Å². The van der Waals surface area contributed by atoms with Gasteiger partial charge < -0.3 is 24.3 Å². The zero-order chi connectivity index (χ0) is 26.9. The minimum atomic E-state index is -0.309. The van der Waals surface area contributed by atoms with E-state index in [0.29, 0.717) is 17.9 Å². The summed E-state index contributed by atoms with van der Waals surface area (Å²) in [6.07, 6.45) is 2.12. The lowest BCUT2D eigenvalue weighted by Gasteiger charge is -2.37. The van der Waals surface area contributed by atoms with E-state index in [-0.39, 0.29) is 17.7 Å². The fourth-order valence-electron chi connectivity index (χ4n) is 6.04. The number of pyridine rings is 1. The van der Waals surface area contributed by atoms with Crippen molar-refractivity contribution in [3.05, 3.63) is 75.3 Å². The Morgan fingerprint density at radius 3 is 2.77 bits per heavy atom. The molecular weight excluding hydrogens is 494 g/mol. The van der Waals surface area contributed by atoms with Gasteiger partial charge in [-0.05, 0) is 71.8 Å². The predicted octanol–water partition coefficient (Wildman–Crippen LogP) is 1.81. The second kappa shape index (κ2) is 10.8. The summed E-state index contributed by atoms with van der Waals surface area (Å²) in [7, 11) is 1.71. The number of nitrogens with zero attached hydrogens (tertiary/aromatic N) is 5. The van der Waals surface area contributed by atoms with Crippen molar-refractivity contribution in [3.8, 4) is 5.75 Å². The SMILES string of the molecule is COc1ccccc1N1CC[NH+](C(c2cc3ccc(C)c(C)c3[nH]c2=O)c2nnnn2CC2CCCO2)CC1. The van der Waals surface area contributed by atoms with Gasteiger partial charge in [0.1, 0.15) is 5.75 Å². The second-order valence-corrected chi connectivity index (χ2v) is 10.6. The molecule has 2 aliphatic heterocycles. The number of quaternary nitrogens is 1. The third kappa shape index (κ3) is 4.90. The van der Waals surface area contributed by atoms with Gasteiger partial charge in [0, 0.05) is 6.61 Å². The number of aromatic amines is 1. The number of piperazine rings is 1. The Kier molecular flexibility index (Phi) is 7.05. The molecule has 4 heterocycles. The van der Waals surface area contributed by atoms with Crippen LogP contribution in [0.1, 0.15) is 41.4 Å². The van der Waals surface area contributed by atoms with E-state index < -0.39 is 0 Å². The summed E-state index contributed by atoms with van der Waals surface area (Å²) in [4.78, 5) is 20.5. The van der Waals surface area contributed by atoms with Crippen LogP contribution in [0.15, 0.2) is 47.3 Å². The highest BCUT2D eigenvalue weighted by molar-refractivity contribution is 5.83. The molecule has 0 bridgehead atoms. The summed E-state index contributed by atoms with van der Waals surface area (Å²) in [6.45, 7) is 8.75. The van der Waals surface area contributed by atoms with Gasteiger partial charge >= 0.3 is 0 Å². The molecule has 0 spiro atoms. The molecule has 2 aromatic carbocycles. The van der Waals surface area contributed by atoms with Gasteiger partial charge in [-0.3, -0.25) is 4.79 Å². The molecule has 0 amide bonds. The largest absolute Gasteiger partial charge is 0.495 e. The molecule has 39 heavy (non-hydrogen) atoms. The first-order valence-electron chi connectivity index (χ1n) is 13.8. The Bertz CT molecular complexity index is 1520. The molecule has 2 atom stereocenters. The Balaban J connectivity index is 1.37. The lowest BCUT2D eigenvalue weighted by molar-refractivity contribution is -0.927. The van der Waals surface area contributed by atoms with Crippen LogP contribution in [0.3, 0.4) is 0 Å². The maximum atomic E-state index is 13.7. The first-order valence-corrected chi connectivity index (χ1v) is 13.8. The van der Waals surface area contributed by atoms with Crippen molar-refractivity contribution in [3.63, 3.8) is 0 Å². The highest BCUT2D eigenvalue weighted by Gasteiger charge is 2.37. The number of ether oxygens (including phenoxy) is 2. The zero-order valence-corrected chi connectivity index (χ0v) is 22.8. The van der Waals surface area contributed by atoms with E-state index >= 15 is 0 Å². The van der Waals surface area contributed by atoms with Crippen LogP contribution in [-0.4, -0.2) is 71.2 Å². The molecule has 6 rings (SSSR count). The van der Waals surface area contributed by atoms with Gasteiger partial charge in [-0.15, -0.1) is 5.10 Å². The number of aryl methyl sites for hydroxylation is 2. The van der Waals surface area contributed by atoms with Gasteiger partial charge in [-0.1, -0.05) is 24.3 Å². The van der Waals surface area contributed by atoms with E-state index in [1.54, 1.807) is 7.11 Å². The molecule has 0 radical (unpaired) electrons. The minimum Gasteiger partial charge on any atom is -0.495 e. The molecule has 0 aliphatic carbocycles. The molecule has 2 fully saturated rings. The Hall–Kier alpha value is -3.76. The number of aromatic nitrogens is 5. The summed E-state index contributed by atoms with van der Waals surface area (Å²) in [5.41, 5.74) is 4.82. The van der Waals surface area contributed by atoms with E-state index in [4.69, 9.17) is 9.47 Å². The van der Waals surface area contributed by atoms with Gasteiger partial charge in [-0.25, -0.2) is 4.68 Å². The summed E-state index contributed by atoms with van der Waals surface area (Å²) < 4.78 is 13.4. The summed E-state index contributed by atoms with van der Waals surface area (Å²) in [5, 5.41) is 13.9. The third-order valence-electron chi connectivity index (χ3n) is 8.35. The van der Waals surface area contributed by atoms with Crippen molar-refractivity contribution in [1.29, 1.82) is 0 Å². The van der Waals surface area contributed by atoms with E-state index in [1.165, 1.54) is 4.90 Å². The predicted molar refractivity (Wildman–Crippen MR) is 149 cm³/mol. The van der Waals surface area contributed by atoms with Gasteiger partial charge in [0.25, 0.3) is 5.56 Å². The van der Waals surface area contributed by atoms with Gasteiger partial charge in [0.2, 0.25) is 5.82 Å². The quantitative estimate of drug-likeness (QED) is 0.376. The van der Waals surface area contributed by atoms with Crippen molar-refractivity contribution in [2.45, 2.75) is 45.4 Å². The van der Waals surface area contributed by atoms with Crippen LogP contribution in [0.2, 0.25) is 0 Å². The average Bonchev–Trinajstić information content (AvgIpc) is 3.65. The number of benzene rings is 2. The smallest absolute Gasteiger partial charge is 0.258 e. The summed E-state index contributed by atoms with van der Waals surface area (Å²) in [6, 6.07) is 14.0. The van der Waals surface area contributed by atoms with Crippen molar-refractivity contribution in [2.75, 3.05) is 44.8 Å². The highest BCUT2D eigenvalue weighted by Crippen LogP contribution is 2.28. The number of fused-ring (bicyclic) bond motifs is 1. The van der Waals surface area contributed by atoms with Crippen LogP contribution >= 0.6 is 0 Å². The monoisotopic (exact) mass is 530 g/mol. The van der Waals surface area contributed by atoms with E-state index in [0.717, 1.165) is 79.1 Å². The number of hydrogen-bond acceptors (Lipinski definition) is 7. The van der Waals surface area contributed by atoms with Gasteiger partial charge in [-0.2, -0.15) is 0 Å². The number of methoxy groups -OCH3 is 1. The standard InChI is InChI=1S/C29H35N7O3/c1-19-10-11-21-17-23(29(37)30-26(21)20(19)2)27(28-31-32-33-36(28)18-22-7-6-16-39-22)35-14-12-34(13-15-35)24-8-4-5-9-25(24)38-3/h4-5,8-11,17,22,27H,6-7,12-16,18H2,1-3H3,(H,30,37)/p+1. The van der Waals surface area contributed by atoms with Crippen molar-refractivity contribution in [1.82, 2.24) is 25.2 Å². The molecule has 4 aromatic rings. The molecule has 0 saturated carbocycles. The molecule has 2 aliphatic rings. The van der Waals surface area contributed by atoms with Crippen LogP contribution in [0.25, 0.3) is 10.9 Å². The van der Waals surface area contributed by atoms with Crippen LogP contribution < -0.4 is 20.1 Å². The third-order valence-corrected chi connectivity index (χ3v) is 8.35. The first-order chi connectivity index (χ1) is 19.0. The number of rotatable bonds is 7. The zero-order valence-electron chi connectivity index (χ0n) is 22.8. The van der Waals surface area contributed by atoms with E-state index in [2.05, 4.69) is 57.5 Å². The number of H-pyrrole nitrogens is 1. The van der Waals surface area contributed by atoms with Gasteiger partial charge in [0.05, 0.1) is 62.7 Å². The number of tetrazole rings is 1. The minimum absolute atomic E-state index is 0.0887. The maximum Gasteiger partial charge on any atom is 0.258 e. The Labute approximate surface area is 227 Å². The Morgan fingerprint density at radius 1 is 1.18 bits per heavy atom. The van der Waals surface area contributed by atoms with E-state index in [1.807, 2.05) is 28.9 Å². The molecule has 10 nitrogen and oxygen atoms in total. The Morgan fingerprint density at radius 2 is 2.00 bits per heavy atom. The number of nitrogens with one attached hydrogen (secondary N) is 2. The molecule has 2 unspecified atom stereocenters. The number of anilines is 1. The molecular formula is C29H36N7O3+. The fraction of sp³-hybridized carbons (Fsp3) is 0.448. The molecule has 10 heteroatoms. The number of para-hydroxylation sites is 2. The lowest BCUT2D eigenvalue weighted by Crippen LogP contribution is -3.15. The normalized spacial score (nSPS) is 19.1. The second-order valence-electron chi connectivity index (χ2n) is 10.6. The molecule has 204 valence electrons. The summed E-state index contributed by atoms with van der Waals surface area (Å²) >= 11 is 0. The van der Waals surface area contributed by atoms with Gasteiger partial charge in [0.15, 0.2) is 6.04 Å². The highest BCUT2D eigenvalue weighted by atomic mass is 16.5. The molecule has 2 N–H and O–H groups in total. The lowest BCUT2D eigenvalue weighted by atomic mass is 9.99. The summed E-state index contributed by atoms with van der Waals surface area (Å²) in [5.74, 6) is 1.58. The van der Waals surface area contributed by atoms with Crippen LogP contribution in [0, 0.1) is 13.8 Å². The number of hydrogen-bond donors (Lipinski definition) is 2. The fourth-order valence-corrected chi connectivity index (χ4v) is 6.04. The maximum absolute atomic E-state index is 13.7. The first kappa shape index (κ1) is 25.5. The van der Waals surface area contributed by atoms with Crippen molar-refractivity contribution in [2.24, 2.45) is 0 Å². The van der Waals surface area contributed by atoms with Crippen LogP contribution in [0.4, 0.5) is 5.69 Å². The topological polar surface area (TPSA) is 103 Å². The van der Waals surface area contributed by atoms with Crippen LogP contribution in [0.5, 0.6) is 5.75 Å². The van der Waals surface area contributed by atoms with Crippen molar-refractivity contribution < 1.29 is 14.4 Å². The van der Waals surface area contributed by atoms with Crippen molar-refractivity contribution >= 4 is 16.6 Å². The average molecular weight is 531 g/mol.